The van der Waals surface area contributed by atoms with Crippen LogP contribution in [-0.2, 0) is 6.42 Å². The maximum absolute atomic E-state index is 5.18. The lowest BCUT2D eigenvalue weighted by Crippen LogP contribution is -2.18. The molecule has 0 bridgehead atoms. The second kappa shape index (κ2) is 5.75. The number of ether oxygens (including phenoxy) is 1. The van der Waals surface area contributed by atoms with Gasteiger partial charge >= 0.3 is 0 Å². The fourth-order valence-electron chi connectivity index (χ4n) is 2.67. The van der Waals surface area contributed by atoms with Gasteiger partial charge in [-0.05, 0) is 61.4 Å². The van der Waals surface area contributed by atoms with Gasteiger partial charge in [-0.15, -0.1) is 0 Å². The maximum atomic E-state index is 5.18. The Labute approximate surface area is 111 Å². The molecular formula is C16H25NO. The van der Waals surface area contributed by atoms with Crippen LogP contribution in [0.5, 0.6) is 5.75 Å². The van der Waals surface area contributed by atoms with E-state index in [-0.39, 0.29) is 0 Å². The number of methoxy groups -OCH3 is 1. The molecule has 0 spiro atoms. The molecule has 0 saturated heterocycles. The molecule has 1 fully saturated rings. The zero-order valence-electron chi connectivity index (χ0n) is 11.8. The lowest BCUT2D eigenvalue weighted by molar-refractivity contribution is 0.414. The first-order valence-electron chi connectivity index (χ1n) is 7.01. The Morgan fingerprint density at radius 1 is 1.33 bits per heavy atom. The summed E-state index contributed by atoms with van der Waals surface area (Å²) in [5.41, 5.74) is 1.99. The molecule has 1 N–H and O–H groups in total. The molecule has 1 aliphatic rings. The monoisotopic (exact) mass is 247 g/mol. The molecule has 1 saturated carbocycles. The quantitative estimate of drug-likeness (QED) is 0.798. The minimum atomic E-state index is 0.572. The fourth-order valence-corrected chi connectivity index (χ4v) is 2.67. The number of nitrogens with one attached hydrogen (secondary N) is 1. The highest BCUT2D eigenvalue weighted by atomic mass is 16.5. The zero-order valence-corrected chi connectivity index (χ0v) is 11.8. The molecular weight excluding hydrogens is 222 g/mol. The fraction of sp³-hybridized carbons (Fsp3) is 0.625. The van der Waals surface area contributed by atoms with Gasteiger partial charge in [-0.25, -0.2) is 0 Å². The van der Waals surface area contributed by atoms with Crippen molar-refractivity contribution in [2.24, 2.45) is 11.3 Å². The predicted molar refractivity (Wildman–Crippen MR) is 76.1 cm³/mol. The summed E-state index contributed by atoms with van der Waals surface area (Å²) in [7, 11) is 1.71. The Kier molecular flexibility index (Phi) is 4.28. The molecule has 100 valence electrons. The van der Waals surface area contributed by atoms with Gasteiger partial charge in [0.2, 0.25) is 0 Å². The van der Waals surface area contributed by atoms with Crippen molar-refractivity contribution in [3.63, 3.8) is 0 Å². The van der Waals surface area contributed by atoms with Crippen molar-refractivity contribution >= 4 is 0 Å². The van der Waals surface area contributed by atoms with Crippen LogP contribution in [0.2, 0.25) is 0 Å². The van der Waals surface area contributed by atoms with Crippen LogP contribution in [0, 0.1) is 11.3 Å². The van der Waals surface area contributed by atoms with Crippen molar-refractivity contribution in [1.82, 2.24) is 5.32 Å². The van der Waals surface area contributed by atoms with Crippen molar-refractivity contribution in [2.75, 3.05) is 20.2 Å². The summed E-state index contributed by atoms with van der Waals surface area (Å²) in [6.45, 7) is 6.89. The summed E-state index contributed by atoms with van der Waals surface area (Å²) in [6.07, 6.45) is 3.87. The minimum absolute atomic E-state index is 0.572. The van der Waals surface area contributed by atoms with E-state index in [2.05, 4.69) is 43.4 Å². The highest BCUT2D eigenvalue weighted by molar-refractivity contribution is 5.27. The molecule has 1 aromatic rings. The highest BCUT2D eigenvalue weighted by Gasteiger charge is 2.48. The van der Waals surface area contributed by atoms with E-state index >= 15 is 0 Å². The van der Waals surface area contributed by atoms with Crippen LogP contribution >= 0.6 is 0 Å². The Morgan fingerprint density at radius 3 is 2.67 bits per heavy atom. The molecule has 0 heterocycles. The zero-order chi connectivity index (χ0) is 13.0. The van der Waals surface area contributed by atoms with Gasteiger partial charge in [0.25, 0.3) is 0 Å². The normalized spacial score (nSPS) is 26.1. The van der Waals surface area contributed by atoms with Gasteiger partial charge in [-0.1, -0.05) is 26.0 Å². The van der Waals surface area contributed by atoms with Gasteiger partial charge in [0.1, 0.15) is 5.75 Å². The number of hydrogen-bond acceptors (Lipinski definition) is 2. The van der Waals surface area contributed by atoms with Gasteiger partial charge in [-0.2, -0.15) is 0 Å². The second-order valence-corrected chi connectivity index (χ2v) is 5.71. The van der Waals surface area contributed by atoms with E-state index in [1.807, 2.05) is 0 Å². The van der Waals surface area contributed by atoms with Crippen LogP contribution in [0.15, 0.2) is 24.3 Å². The Hall–Kier alpha value is -1.02. The van der Waals surface area contributed by atoms with Gasteiger partial charge in [0.15, 0.2) is 0 Å². The van der Waals surface area contributed by atoms with Crippen molar-refractivity contribution in [3.05, 3.63) is 29.8 Å². The first-order valence-corrected chi connectivity index (χ1v) is 7.01. The van der Waals surface area contributed by atoms with Gasteiger partial charge in [0, 0.05) is 0 Å². The average Bonchev–Trinajstić information content (AvgIpc) is 3.06. The SMILES string of the molecule is CCNCC1CC1(C)CCc1ccc(OC)cc1. The largest absolute Gasteiger partial charge is 0.497 e. The van der Waals surface area contributed by atoms with E-state index in [1.165, 1.54) is 31.4 Å². The Morgan fingerprint density at radius 2 is 2.06 bits per heavy atom. The molecule has 2 rings (SSSR count). The molecule has 2 nitrogen and oxygen atoms in total. The molecule has 0 aromatic heterocycles. The van der Waals surface area contributed by atoms with E-state index in [1.54, 1.807) is 7.11 Å². The molecule has 0 aliphatic heterocycles. The first kappa shape index (κ1) is 13.4. The second-order valence-electron chi connectivity index (χ2n) is 5.71. The van der Waals surface area contributed by atoms with Crippen molar-refractivity contribution < 1.29 is 4.74 Å². The molecule has 1 aromatic carbocycles. The van der Waals surface area contributed by atoms with Gasteiger partial charge in [-0.3, -0.25) is 0 Å². The van der Waals surface area contributed by atoms with Crippen LogP contribution in [0.25, 0.3) is 0 Å². The van der Waals surface area contributed by atoms with E-state index in [4.69, 9.17) is 4.74 Å². The molecule has 0 amide bonds. The number of hydrogen-bond donors (Lipinski definition) is 1. The number of benzene rings is 1. The molecule has 1 aliphatic carbocycles. The van der Waals surface area contributed by atoms with Gasteiger partial charge in [0.05, 0.1) is 7.11 Å². The van der Waals surface area contributed by atoms with Crippen LogP contribution in [-0.4, -0.2) is 20.2 Å². The lowest BCUT2D eigenvalue weighted by Gasteiger charge is -2.12. The van der Waals surface area contributed by atoms with E-state index in [0.29, 0.717) is 5.41 Å². The van der Waals surface area contributed by atoms with Crippen molar-refractivity contribution in [3.8, 4) is 5.75 Å². The molecule has 2 unspecified atom stereocenters. The molecule has 2 atom stereocenters. The summed E-state index contributed by atoms with van der Waals surface area (Å²) < 4.78 is 5.18. The van der Waals surface area contributed by atoms with Crippen molar-refractivity contribution in [2.45, 2.75) is 33.1 Å². The standard InChI is InChI=1S/C16H25NO/c1-4-17-12-14-11-16(14,2)10-9-13-5-7-15(18-3)8-6-13/h5-8,14,17H,4,9-12H2,1-3H3. The van der Waals surface area contributed by atoms with Crippen molar-refractivity contribution in [1.29, 1.82) is 0 Å². The summed E-state index contributed by atoms with van der Waals surface area (Å²) in [4.78, 5) is 0. The van der Waals surface area contributed by atoms with Crippen LogP contribution in [0.3, 0.4) is 0 Å². The van der Waals surface area contributed by atoms with Crippen LogP contribution < -0.4 is 10.1 Å². The topological polar surface area (TPSA) is 21.3 Å². The molecule has 18 heavy (non-hydrogen) atoms. The third-order valence-corrected chi connectivity index (χ3v) is 4.32. The smallest absolute Gasteiger partial charge is 0.118 e. The van der Waals surface area contributed by atoms with E-state index in [0.717, 1.165) is 18.2 Å². The first-order chi connectivity index (χ1) is 8.68. The third kappa shape index (κ3) is 3.26. The van der Waals surface area contributed by atoms with Gasteiger partial charge < -0.3 is 10.1 Å². The molecule has 0 radical (unpaired) electrons. The number of rotatable bonds is 7. The predicted octanol–water partition coefficient (Wildman–Crippen LogP) is 3.26. The average molecular weight is 247 g/mol. The molecule has 2 heteroatoms. The minimum Gasteiger partial charge on any atom is -0.497 e. The summed E-state index contributed by atoms with van der Waals surface area (Å²) >= 11 is 0. The van der Waals surface area contributed by atoms with Crippen LogP contribution in [0.1, 0.15) is 32.3 Å². The summed E-state index contributed by atoms with van der Waals surface area (Å²) in [5.74, 6) is 1.83. The van der Waals surface area contributed by atoms with E-state index in [9.17, 15) is 0 Å². The van der Waals surface area contributed by atoms with E-state index < -0.39 is 0 Å². The highest BCUT2D eigenvalue weighted by Crippen LogP contribution is 2.54. The maximum Gasteiger partial charge on any atom is 0.118 e. The lowest BCUT2D eigenvalue weighted by atomic mass is 9.96. The number of aryl methyl sites for hydroxylation is 1. The summed E-state index contributed by atoms with van der Waals surface area (Å²) in [6, 6.07) is 8.48. The van der Waals surface area contributed by atoms with Crippen LogP contribution in [0.4, 0.5) is 0 Å². The third-order valence-electron chi connectivity index (χ3n) is 4.32. The Bertz CT molecular complexity index is 373. The Balaban J connectivity index is 1.77. The summed E-state index contributed by atoms with van der Waals surface area (Å²) in [5, 5.41) is 3.46.